The molecule has 0 bridgehead atoms. The number of amides is 2. The van der Waals surface area contributed by atoms with Gasteiger partial charge in [0, 0.05) is 32.1 Å². The van der Waals surface area contributed by atoms with Crippen molar-refractivity contribution in [2.24, 2.45) is 5.41 Å². The molecule has 2 amide bonds. The first kappa shape index (κ1) is 14.9. The molecule has 0 saturated carbocycles. The number of rotatable bonds is 2. The van der Waals surface area contributed by atoms with Gasteiger partial charge in [0.2, 0.25) is 5.91 Å². The summed E-state index contributed by atoms with van der Waals surface area (Å²) in [6.07, 6.45) is 0.596. The third kappa shape index (κ3) is 2.25. The summed E-state index contributed by atoms with van der Waals surface area (Å²) in [5.74, 6) is 0.193. The van der Waals surface area contributed by atoms with Gasteiger partial charge in [0.25, 0.3) is 0 Å². The second-order valence-electron chi connectivity index (χ2n) is 6.27. The van der Waals surface area contributed by atoms with Crippen molar-refractivity contribution in [2.45, 2.75) is 25.7 Å². The molecule has 2 saturated heterocycles. The lowest BCUT2D eigenvalue weighted by Gasteiger charge is -2.41. The van der Waals surface area contributed by atoms with Gasteiger partial charge in [0.15, 0.2) is 0 Å². The van der Waals surface area contributed by atoms with E-state index >= 15 is 0 Å². The monoisotopic (exact) mass is 302 g/mol. The van der Waals surface area contributed by atoms with Gasteiger partial charge in [-0.15, -0.1) is 0 Å². The molecule has 2 unspecified atom stereocenters. The minimum absolute atomic E-state index is 0.0725. The van der Waals surface area contributed by atoms with Crippen molar-refractivity contribution in [1.82, 2.24) is 9.80 Å². The molecule has 2 heterocycles. The SMILES string of the molecule is CCN1CC(c2ccccc2)C2(CCCN(C(=O)O)C2)C1=O. The van der Waals surface area contributed by atoms with E-state index in [0.717, 1.165) is 18.4 Å². The first-order chi connectivity index (χ1) is 10.6. The first-order valence-electron chi connectivity index (χ1n) is 7.90. The van der Waals surface area contributed by atoms with Crippen molar-refractivity contribution >= 4 is 12.0 Å². The molecule has 5 heteroatoms. The number of likely N-dealkylation sites (N-methyl/N-ethyl adjacent to an activating group) is 1. The van der Waals surface area contributed by atoms with Crippen molar-refractivity contribution in [3.8, 4) is 0 Å². The fourth-order valence-electron chi connectivity index (χ4n) is 4.03. The summed E-state index contributed by atoms with van der Waals surface area (Å²) in [6, 6.07) is 10.0. The summed E-state index contributed by atoms with van der Waals surface area (Å²) in [4.78, 5) is 27.7. The van der Waals surface area contributed by atoms with Gasteiger partial charge in [-0.2, -0.15) is 0 Å². The highest BCUT2D eigenvalue weighted by atomic mass is 16.4. The van der Waals surface area contributed by atoms with Crippen LogP contribution >= 0.6 is 0 Å². The molecule has 1 N–H and O–H groups in total. The maximum Gasteiger partial charge on any atom is 0.407 e. The molecular formula is C17H22N2O3. The molecule has 2 aliphatic heterocycles. The summed E-state index contributed by atoms with van der Waals surface area (Å²) in [7, 11) is 0. The van der Waals surface area contributed by atoms with Crippen molar-refractivity contribution in [3.05, 3.63) is 35.9 Å². The zero-order valence-electron chi connectivity index (χ0n) is 12.9. The molecule has 2 fully saturated rings. The molecule has 1 aromatic rings. The van der Waals surface area contributed by atoms with Gasteiger partial charge in [-0.05, 0) is 25.3 Å². The van der Waals surface area contributed by atoms with Crippen LogP contribution in [0.25, 0.3) is 0 Å². The second-order valence-corrected chi connectivity index (χ2v) is 6.27. The number of carbonyl (C=O) groups is 2. The smallest absolute Gasteiger partial charge is 0.407 e. The van der Waals surface area contributed by atoms with E-state index in [1.807, 2.05) is 30.0 Å². The molecule has 2 aliphatic rings. The highest BCUT2D eigenvalue weighted by molar-refractivity contribution is 5.87. The van der Waals surface area contributed by atoms with E-state index in [0.29, 0.717) is 26.2 Å². The van der Waals surface area contributed by atoms with E-state index in [9.17, 15) is 14.7 Å². The highest BCUT2D eigenvalue weighted by Gasteiger charge is 2.56. The fourth-order valence-corrected chi connectivity index (χ4v) is 4.03. The average molecular weight is 302 g/mol. The maximum atomic E-state index is 13.0. The summed E-state index contributed by atoms with van der Waals surface area (Å²) in [5, 5.41) is 9.35. The molecule has 0 radical (unpaired) electrons. The number of hydrogen-bond donors (Lipinski definition) is 1. The van der Waals surface area contributed by atoms with Crippen LogP contribution in [0.3, 0.4) is 0 Å². The lowest BCUT2D eigenvalue weighted by atomic mass is 9.69. The number of likely N-dealkylation sites (tertiary alicyclic amines) is 2. The van der Waals surface area contributed by atoms with E-state index < -0.39 is 11.5 Å². The van der Waals surface area contributed by atoms with Crippen LogP contribution in [0, 0.1) is 5.41 Å². The number of piperidine rings is 1. The van der Waals surface area contributed by atoms with Crippen LogP contribution in [0.4, 0.5) is 4.79 Å². The van der Waals surface area contributed by atoms with E-state index in [4.69, 9.17) is 0 Å². The Morgan fingerprint density at radius 3 is 2.73 bits per heavy atom. The Morgan fingerprint density at radius 2 is 2.09 bits per heavy atom. The van der Waals surface area contributed by atoms with Crippen LogP contribution in [0.5, 0.6) is 0 Å². The lowest BCUT2D eigenvalue weighted by Crippen LogP contribution is -2.51. The summed E-state index contributed by atoms with van der Waals surface area (Å²) in [6.45, 7) is 4.19. The van der Waals surface area contributed by atoms with Crippen LogP contribution in [0.2, 0.25) is 0 Å². The van der Waals surface area contributed by atoms with Crippen LogP contribution in [-0.2, 0) is 4.79 Å². The quantitative estimate of drug-likeness (QED) is 0.912. The fraction of sp³-hybridized carbons (Fsp3) is 0.529. The van der Waals surface area contributed by atoms with Gasteiger partial charge < -0.3 is 14.9 Å². The lowest BCUT2D eigenvalue weighted by molar-refractivity contribution is -0.138. The topological polar surface area (TPSA) is 60.9 Å². The summed E-state index contributed by atoms with van der Waals surface area (Å²) >= 11 is 0. The Kier molecular flexibility index (Phi) is 3.81. The summed E-state index contributed by atoms with van der Waals surface area (Å²) in [5.41, 5.74) is 0.549. The Labute approximate surface area is 130 Å². The van der Waals surface area contributed by atoms with E-state index in [2.05, 4.69) is 12.1 Å². The maximum absolute atomic E-state index is 13.0. The molecule has 118 valence electrons. The number of carbonyl (C=O) groups excluding carboxylic acids is 1. The van der Waals surface area contributed by atoms with Gasteiger partial charge in [0.1, 0.15) is 0 Å². The number of hydrogen-bond acceptors (Lipinski definition) is 2. The highest BCUT2D eigenvalue weighted by Crippen LogP contribution is 2.49. The molecule has 1 aromatic carbocycles. The van der Waals surface area contributed by atoms with Crippen molar-refractivity contribution in [1.29, 1.82) is 0 Å². The second kappa shape index (κ2) is 5.63. The van der Waals surface area contributed by atoms with Crippen LogP contribution < -0.4 is 0 Å². The zero-order valence-corrected chi connectivity index (χ0v) is 12.9. The number of benzene rings is 1. The Hall–Kier alpha value is -2.04. The van der Waals surface area contributed by atoms with Crippen molar-refractivity contribution in [3.63, 3.8) is 0 Å². The molecule has 5 nitrogen and oxygen atoms in total. The minimum atomic E-state index is -0.923. The van der Waals surface area contributed by atoms with Gasteiger partial charge in [-0.3, -0.25) is 4.79 Å². The van der Waals surface area contributed by atoms with E-state index in [1.165, 1.54) is 4.90 Å². The zero-order chi connectivity index (χ0) is 15.7. The van der Waals surface area contributed by atoms with Gasteiger partial charge in [-0.1, -0.05) is 30.3 Å². The van der Waals surface area contributed by atoms with Crippen LogP contribution in [-0.4, -0.2) is 53.1 Å². The molecule has 22 heavy (non-hydrogen) atoms. The molecule has 3 rings (SSSR count). The van der Waals surface area contributed by atoms with Gasteiger partial charge >= 0.3 is 6.09 Å². The normalized spacial score (nSPS) is 28.4. The van der Waals surface area contributed by atoms with Gasteiger partial charge in [0.05, 0.1) is 5.41 Å². The number of nitrogens with zero attached hydrogens (tertiary/aromatic N) is 2. The standard InChI is InChI=1S/C17H22N2O3/c1-2-18-11-14(13-7-4-3-5-8-13)17(15(18)20)9-6-10-19(12-17)16(21)22/h3-5,7-8,14H,2,6,9-12H2,1H3,(H,21,22). The van der Waals surface area contributed by atoms with Crippen LogP contribution in [0.1, 0.15) is 31.2 Å². The minimum Gasteiger partial charge on any atom is -0.465 e. The molecular weight excluding hydrogens is 280 g/mol. The first-order valence-corrected chi connectivity index (χ1v) is 7.90. The molecule has 0 aliphatic carbocycles. The van der Waals surface area contributed by atoms with Crippen molar-refractivity contribution in [2.75, 3.05) is 26.2 Å². The molecule has 1 spiro atoms. The molecule has 0 aromatic heterocycles. The average Bonchev–Trinajstić information content (AvgIpc) is 2.81. The largest absolute Gasteiger partial charge is 0.465 e. The van der Waals surface area contributed by atoms with Gasteiger partial charge in [-0.25, -0.2) is 4.79 Å². The Balaban J connectivity index is 2.00. The van der Waals surface area contributed by atoms with Crippen LogP contribution in [0.15, 0.2) is 30.3 Å². The predicted molar refractivity (Wildman–Crippen MR) is 82.7 cm³/mol. The molecule has 2 atom stereocenters. The van der Waals surface area contributed by atoms with E-state index in [1.54, 1.807) is 0 Å². The third-order valence-electron chi connectivity index (χ3n) is 5.16. The van der Waals surface area contributed by atoms with E-state index in [-0.39, 0.29) is 11.8 Å². The number of carboxylic acid groups (broad SMARTS) is 1. The Bertz CT molecular complexity index is 575. The summed E-state index contributed by atoms with van der Waals surface area (Å²) < 4.78 is 0. The Morgan fingerprint density at radius 1 is 1.36 bits per heavy atom. The third-order valence-corrected chi connectivity index (χ3v) is 5.16. The predicted octanol–water partition coefficient (Wildman–Crippen LogP) is 2.39. The van der Waals surface area contributed by atoms with Crippen molar-refractivity contribution < 1.29 is 14.7 Å².